The zero-order chi connectivity index (χ0) is 13.5. The lowest BCUT2D eigenvalue weighted by Crippen LogP contribution is -2.28. The maximum Gasteiger partial charge on any atom is 0.258 e. The van der Waals surface area contributed by atoms with E-state index in [9.17, 15) is 4.79 Å². The molecule has 0 spiro atoms. The fourth-order valence-electron chi connectivity index (χ4n) is 1.55. The lowest BCUT2D eigenvalue weighted by Gasteiger charge is -2.07. The van der Waals surface area contributed by atoms with Crippen molar-refractivity contribution < 1.29 is 9.53 Å². The maximum atomic E-state index is 11.6. The average molecular weight is 256 g/mol. The second-order valence-corrected chi connectivity index (χ2v) is 4.12. The molecule has 0 aliphatic heterocycles. The molecular weight excluding hydrogens is 240 g/mol. The van der Waals surface area contributed by atoms with Crippen LogP contribution in [0.5, 0.6) is 5.75 Å². The molecule has 0 aliphatic carbocycles. The van der Waals surface area contributed by atoms with E-state index in [0.717, 1.165) is 5.56 Å². The number of nitrogens with two attached hydrogens (primary N) is 1. The number of nitrogen functional groups attached to an aromatic ring is 1. The highest BCUT2D eigenvalue weighted by Gasteiger charge is 2.02. The van der Waals surface area contributed by atoms with Gasteiger partial charge in [0, 0.05) is 12.2 Å². The highest BCUT2D eigenvalue weighted by Crippen LogP contribution is 2.08. The third-order valence-corrected chi connectivity index (χ3v) is 2.58. The topological polar surface area (TPSA) is 64.3 Å². The summed E-state index contributed by atoms with van der Waals surface area (Å²) in [7, 11) is 0. The molecule has 0 radical (unpaired) electrons. The molecule has 1 amide bonds. The van der Waals surface area contributed by atoms with E-state index in [2.05, 4.69) is 5.32 Å². The third kappa shape index (κ3) is 4.35. The Bertz CT molecular complexity index is 524. The van der Waals surface area contributed by atoms with E-state index >= 15 is 0 Å². The summed E-state index contributed by atoms with van der Waals surface area (Å²) in [5.41, 5.74) is 7.30. The van der Waals surface area contributed by atoms with E-state index in [4.69, 9.17) is 10.5 Å². The molecule has 3 N–H and O–H groups in total. The number of amides is 1. The zero-order valence-corrected chi connectivity index (χ0v) is 10.5. The fourth-order valence-corrected chi connectivity index (χ4v) is 1.55. The van der Waals surface area contributed by atoms with Gasteiger partial charge >= 0.3 is 0 Å². The Morgan fingerprint density at radius 3 is 2.42 bits per heavy atom. The first-order valence-electron chi connectivity index (χ1n) is 6.03. The molecule has 0 aromatic heterocycles. The molecule has 0 unspecified atom stereocenters. The van der Waals surface area contributed by atoms with E-state index in [1.165, 1.54) is 0 Å². The van der Waals surface area contributed by atoms with Crippen molar-refractivity contribution in [3.63, 3.8) is 0 Å². The van der Waals surface area contributed by atoms with Gasteiger partial charge in [-0.2, -0.15) is 0 Å². The first kappa shape index (κ1) is 13.0. The first-order chi connectivity index (χ1) is 9.24. The molecule has 0 saturated carbocycles. The van der Waals surface area contributed by atoms with E-state index in [-0.39, 0.29) is 12.5 Å². The van der Waals surface area contributed by atoms with Crippen LogP contribution in [0.1, 0.15) is 5.56 Å². The SMILES string of the molecule is Nc1ccc(CNC(=O)COc2ccccc2)cc1. The van der Waals surface area contributed by atoms with Crippen LogP contribution in [-0.4, -0.2) is 12.5 Å². The van der Waals surface area contributed by atoms with Gasteiger partial charge in [-0.3, -0.25) is 4.79 Å². The van der Waals surface area contributed by atoms with Crippen molar-refractivity contribution in [3.8, 4) is 5.75 Å². The summed E-state index contributed by atoms with van der Waals surface area (Å²) in [4.78, 5) is 11.6. The van der Waals surface area contributed by atoms with Crippen molar-refractivity contribution in [2.24, 2.45) is 0 Å². The fraction of sp³-hybridized carbons (Fsp3) is 0.133. The van der Waals surface area contributed by atoms with E-state index < -0.39 is 0 Å². The second-order valence-electron chi connectivity index (χ2n) is 4.12. The number of nitrogens with one attached hydrogen (secondary N) is 1. The van der Waals surface area contributed by atoms with Gasteiger partial charge in [0.15, 0.2) is 6.61 Å². The van der Waals surface area contributed by atoms with Crippen LogP contribution >= 0.6 is 0 Å². The molecular formula is C15H16N2O2. The number of hydrogen-bond donors (Lipinski definition) is 2. The molecule has 0 saturated heterocycles. The Balaban J connectivity index is 1.74. The zero-order valence-electron chi connectivity index (χ0n) is 10.5. The molecule has 0 heterocycles. The summed E-state index contributed by atoms with van der Waals surface area (Å²) in [6.07, 6.45) is 0. The summed E-state index contributed by atoms with van der Waals surface area (Å²) in [5, 5.41) is 2.78. The molecule has 2 rings (SSSR count). The minimum Gasteiger partial charge on any atom is -0.484 e. The number of rotatable bonds is 5. The Morgan fingerprint density at radius 1 is 1.05 bits per heavy atom. The summed E-state index contributed by atoms with van der Waals surface area (Å²) in [6, 6.07) is 16.6. The van der Waals surface area contributed by atoms with E-state index in [1.54, 1.807) is 0 Å². The van der Waals surface area contributed by atoms with Crippen LogP contribution in [0.3, 0.4) is 0 Å². The second kappa shape index (κ2) is 6.44. The maximum absolute atomic E-state index is 11.6. The molecule has 0 fully saturated rings. The summed E-state index contributed by atoms with van der Waals surface area (Å²) >= 11 is 0. The Labute approximate surface area is 112 Å². The smallest absolute Gasteiger partial charge is 0.258 e. The largest absolute Gasteiger partial charge is 0.484 e. The van der Waals surface area contributed by atoms with Gasteiger partial charge < -0.3 is 15.8 Å². The van der Waals surface area contributed by atoms with Crippen LogP contribution in [0.15, 0.2) is 54.6 Å². The number of carbonyl (C=O) groups excluding carboxylic acids is 1. The Morgan fingerprint density at radius 2 is 1.74 bits per heavy atom. The van der Waals surface area contributed by atoms with Crippen molar-refractivity contribution in [1.29, 1.82) is 0 Å². The van der Waals surface area contributed by atoms with Crippen molar-refractivity contribution in [3.05, 3.63) is 60.2 Å². The molecule has 2 aromatic carbocycles. The number of hydrogen-bond acceptors (Lipinski definition) is 3. The van der Waals surface area contributed by atoms with E-state index in [1.807, 2.05) is 54.6 Å². The Hall–Kier alpha value is -2.49. The molecule has 98 valence electrons. The summed E-state index contributed by atoms with van der Waals surface area (Å²) in [6.45, 7) is 0.482. The van der Waals surface area contributed by atoms with Gasteiger partial charge in [-0.25, -0.2) is 0 Å². The predicted molar refractivity (Wildman–Crippen MR) is 74.6 cm³/mol. The van der Waals surface area contributed by atoms with Crippen molar-refractivity contribution in [2.45, 2.75) is 6.54 Å². The van der Waals surface area contributed by atoms with Gasteiger partial charge in [-0.15, -0.1) is 0 Å². The first-order valence-corrected chi connectivity index (χ1v) is 6.03. The third-order valence-electron chi connectivity index (χ3n) is 2.58. The number of ether oxygens (including phenoxy) is 1. The van der Waals surface area contributed by atoms with Crippen LogP contribution < -0.4 is 15.8 Å². The number of benzene rings is 2. The minimum atomic E-state index is -0.152. The predicted octanol–water partition coefficient (Wildman–Crippen LogP) is 1.96. The molecule has 0 aliphatic rings. The van der Waals surface area contributed by atoms with Gasteiger partial charge in [0.25, 0.3) is 5.91 Å². The van der Waals surface area contributed by atoms with Crippen LogP contribution in [0.4, 0.5) is 5.69 Å². The average Bonchev–Trinajstić information content (AvgIpc) is 2.45. The van der Waals surface area contributed by atoms with Gasteiger partial charge in [0.1, 0.15) is 5.75 Å². The van der Waals surface area contributed by atoms with Gasteiger partial charge in [0.05, 0.1) is 0 Å². The molecule has 4 heteroatoms. The molecule has 4 nitrogen and oxygen atoms in total. The summed E-state index contributed by atoms with van der Waals surface area (Å²) in [5.74, 6) is 0.533. The number of carbonyl (C=O) groups is 1. The normalized spacial score (nSPS) is 9.89. The van der Waals surface area contributed by atoms with Crippen molar-refractivity contribution >= 4 is 11.6 Å². The highest BCUT2D eigenvalue weighted by molar-refractivity contribution is 5.77. The lowest BCUT2D eigenvalue weighted by molar-refractivity contribution is -0.123. The quantitative estimate of drug-likeness (QED) is 0.804. The van der Waals surface area contributed by atoms with Gasteiger partial charge in [-0.1, -0.05) is 30.3 Å². The summed E-state index contributed by atoms with van der Waals surface area (Å²) < 4.78 is 5.34. The van der Waals surface area contributed by atoms with Gasteiger partial charge in [-0.05, 0) is 29.8 Å². The lowest BCUT2D eigenvalue weighted by atomic mass is 10.2. The highest BCUT2D eigenvalue weighted by atomic mass is 16.5. The van der Waals surface area contributed by atoms with Gasteiger partial charge in [0.2, 0.25) is 0 Å². The number of para-hydroxylation sites is 1. The number of anilines is 1. The van der Waals surface area contributed by atoms with Crippen molar-refractivity contribution in [2.75, 3.05) is 12.3 Å². The van der Waals surface area contributed by atoms with Crippen LogP contribution in [0.2, 0.25) is 0 Å². The Kier molecular flexibility index (Phi) is 4.39. The monoisotopic (exact) mass is 256 g/mol. The standard InChI is InChI=1S/C15H16N2O2/c16-13-8-6-12(7-9-13)10-17-15(18)11-19-14-4-2-1-3-5-14/h1-9H,10-11,16H2,(H,17,18). The van der Waals surface area contributed by atoms with Crippen LogP contribution in [-0.2, 0) is 11.3 Å². The minimum absolute atomic E-state index is 0.0129. The molecule has 19 heavy (non-hydrogen) atoms. The van der Waals surface area contributed by atoms with Crippen LogP contribution in [0, 0.1) is 0 Å². The van der Waals surface area contributed by atoms with Crippen LogP contribution in [0.25, 0.3) is 0 Å². The molecule has 0 bridgehead atoms. The van der Waals surface area contributed by atoms with Crippen molar-refractivity contribution in [1.82, 2.24) is 5.32 Å². The molecule has 2 aromatic rings. The van der Waals surface area contributed by atoms with E-state index in [0.29, 0.717) is 18.0 Å². The molecule has 0 atom stereocenters.